The second-order valence-corrected chi connectivity index (χ2v) is 4.50. The molecule has 0 aliphatic rings. The second kappa shape index (κ2) is 7.69. The quantitative estimate of drug-likeness (QED) is 0.707. The van der Waals surface area contributed by atoms with Crippen LogP contribution >= 0.6 is 0 Å². The van der Waals surface area contributed by atoms with E-state index in [9.17, 15) is 9.59 Å². The first-order chi connectivity index (χ1) is 9.53. The Morgan fingerprint density at radius 1 is 1.30 bits per heavy atom. The number of carbonyl (C=O) groups is 2. The van der Waals surface area contributed by atoms with Crippen molar-refractivity contribution in [2.75, 3.05) is 33.8 Å². The predicted octanol–water partition coefficient (Wildman–Crippen LogP) is 1.37. The van der Waals surface area contributed by atoms with E-state index < -0.39 is 5.97 Å². The highest BCUT2D eigenvalue weighted by molar-refractivity contribution is 5.87. The third kappa shape index (κ3) is 4.09. The van der Waals surface area contributed by atoms with Crippen molar-refractivity contribution in [1.82, 2.24) is 9.80 Å². The molecule has 0 aliphatic heterocycles. The highest BCUT2D eigenvalue weighted by Crippen LogP contribution is 2.13. The molecule has 0 aromatic carbocycles. The van der Waals surface area contributed by atoms with Crippen LogP contribution < -0.4 is 0 Å². The number of methoxy groups -OCH3 is 1. The fourth-order valence-electron chi connectivity index (χ4n) is 1.99. The fourth-order valence-corrected chi connectivity index (χ4v) is 1.99. The van der Waals surface area contributed by atoms with E-state index in [1.807, 2.05) is 25.8 Å². The van der Waals surface area contributed by atoms with Crippen LogP contribution in [0.25, 0.3) is 0 Å². The van der Waals surface area contributed by atoms with Gasteiger partial charge in [0.05, 0.1) is 19.9 Å². The molecule has 1 rings (SSSR count). The normalized spacial score (nSPS) is 10.7. The first kappa shape index (κ1) is 16.2. The maximum Gasteiger partial charge on any atom is 0.374 e. The van der Waals surface area contributed by atoms with Gasteiger partial charge in [-0.05, 0) is 27.0 Å². The molecule has 1 heterocycles. The first-order valence-electron chi connectivity index (χ1n) is 6.64. The van der Waals surface area contributed by atoms with Crippen molar-refractivity contribution in [3.8, 4) is 0 Å². The van der Waals surface area contributed by atoms with Gasteiger partial charge in [-0.25, -0.2) is 4.79 Å². The van der Waals surface area contributed by atoms with Gasteiger partial charge in [-0.1, -0.05) is 0 Å². The van der Waals surface area contributed by atoms with Crippen molar-refractivity contribution < 1.29 is 18.7 Å². The average Bonchev–Trinajstić information content (AvgIpc) is 2.87. The van der Waals surface area contributed by atoms with E-state index in [1.165, 1.54) is 13.4 Å². The lowest BCUT2D eigenvalue weighted by atomic mass is 10.2. The number of carbonyl (C=O) groups excluding carboxylic acids is 2. The van der Waals surface area contributed by atoms with Crippen LogP contribution in [0.1, 0.15) is 30.0 Å². The SMILES string of the molecule is CCN(CC)C(=O)CN(C)Cc1ccoc1C(=O)OC. The lowest BCUT2D eigenvalue weighted by Crippen LogP contribution is -2.38. The highest BCUT2D eigenvalue weighted by Gasteiger charge is 2.18. The van der Waals surface area contributed by atoms with Crippen molar-refractivity contribution in [3.63, 3.8) is 0 Å². The molecule has 0 saturated carbocycles. The molecule has 1 aromatic rings. The molecule has 20 heavy (non-hydrogen) atoms. The zero-order chi connectivity index (χ0) is 15.1. The molecule has 0 aliphatic carbocycles. The Labute approximate surface area is 119 Å². The van der Waals surface area contributed by atoms with Gasteiger partial charge in [0.25, 0.3) is 0 Å². The largest absolute Gasteiger partial charge is 0.463 e. The van der Waals surface area contributed by atoms with Gasteiger partial charge in [-0.3, -0.25) is 9.69 Å². The molecule has 0 spiro atoms. The number of furan rings is 1. The van der Waals surface area contributed by atoms with Crippen molar-refractivity contribution in [1.29, 1.82) is 0 Å². The standard InChI is InChI=1S/C14H22N2O4/c1-5-16(6-2)12(17)10-15(3)9-11-7-8-20-13(11)14(18)19-4/h7-8H,5-6,9-10H2,1-4H3. The molecular formula is C14H22N2O4. The summed E-state index contributed by atoms with van der Waals surface area (Å²) >= 11 is 0. The van der Waals surface area contributed by atoms with Crippen LogP contribution in [-0.4, -0.2) is 55.5 Å². The Hall–Kier alpha value is -1.82. The Kier molecular flexibility index (Phi) is 6.24. The predicted molar refractivity (Wildman–Crippen MR) is 74.3 cm³/mol. The Bertz CT molecular complexity index is 452. The molecule has 1 amide bonds. The van der Waals surface area contributed by atoms with Crippen LogP contribution in [0.3, 0.4) is 0 Å². The molecule has 0 fully saturated rings. The molecule has 0 bridgehead atoms. The summed E-state index contributed by atoms with van der Waals surface area (Å²) in [5, 5.41) is 0. The second-order valence-electron chi connectivity index (χ2n) is 4.50. The zero-order valence-corrected chi connectivity index (χ0v) is 12.5. The van der Waals surface area contributed by atoms with E-state index >= 15 is 0 Å². The summed E-state index contributed by atoms with van der Waals surface area (Å²) in [6, 6.07) is 1.71. The number of rotatable bonds is 7. The Morgan fingerprint density at radius 3 is 2.50 bits per heavy atom. The molecule has 0 saturated heterocycles. The number of ether oxygens (including phenoxy) is 1. The van der Waals surface area contributed by atoms with Gasteiger partial charge in [-0.15, -0.1) is 0 Å². The lowest BCUT2D eigenvalue weighted by Gasteiger charge is -2.22. The zero-order valence-electron chi connectivity index (χ0n) is 12.5. The van der Waals surface area contributed by atoms with E-state index in [4.69, 9.17) is 4.42 Å². The van der Waals surface area contributed by atoms with Gasteiger partial charge < -0.3 is 14.1 Å². The van der Waals surface area contributed by atoms with E-state index in [-0.39, 0.29) is 11.7 Å². The highest BCUT2D eigenvalue weighted by atomic mass is 16.5. The van der Waals surface area contributed by atoms with Gasteiger partial charge in [0.15, 0.2) is 0 Å². The summed E-state index contributed by atoms with van der Waals surface area (Å²) < 4.78 is 9.76. The van der Waals surface area contributed by atoms with Crippen LogP contribution in [0.2, 0.25) is 0 Å². The van der Waals surface area contributed by atoms with Crippen molar-refractivity contribution in [2.24, 2.45) is 0 Å². The molecule has 0 radical (unpaired) electrons. The number of likely N-dealkylation sites (N-methyl/N-ethyl adjacent to an activating group) is 2. The summed E-state index contributed by atoms with van der Waals surface area (Å²) in [6.45, 7) is 6.05. The number of hydrogen-bond acceptors (Lipinski definition) is 5. The van der Waals surface area contributed by atoms with Crippen LogP contribution in [0.15, 0.2) is 16.7 Å². The minimum atomic E-state index is -0.506. The molecule has 1 aromatic heterocycles. The van der Waals surface area contributed by atoms with Crippen LogP contribution in [0, 0.1) is 0 Å². The third-order valence-electron chi connectivity index (χ3n) is 3.08. The summed E-state index contributed by atoms with van der Waals surface area (Å²) in [7, 11) is 3.14. The Morgan fingerprint density at radius 2 is 1.95 bits per heavy atom. The molecule has 6 heteroatoms. The minimum absolute atomic E-state index is 0.0700. The van der Waals surface area contributed by atoms with Crippen LogP contribution in [-0.2, 0) is 16.1 Å². The van der Waals surface area contributed by atoms with E-state index in [0.717, 1.165) is 0 Å². The van der Waals surface area contributed by atoms with E-state index in [0.29, 0.717) is 31.7 Å². The number of amides is 1. The topological polar surface area (TPSA) is 63.0 Å². The molecule has 0 N–H and O–H groups in total. The number of hydrogen-bond donors (Lipinski definition) is 0. The number of nitrogens with zero attached hydrogens (tertiary/aromatic N) is 2. The van der Waals surface area contributed by atoms with Gasteiger partial charge in [0.1, 0.15) is 0 Å². The van der Waals surface area contributed by atoms with Gasteiger partial charge in [0.2, 0.25) is 11.7 Å². The first-order valence-corrected chi connectivity index (χ1v) is 6.64. The smallest absolute Gasteiger partial charge is 0.374 e. The van der Waals surface area contributed by atoms with Gasteiger partial charge in [0, 0.05) is 25.2 Å². The fraction of sp³-hybridized carbons (Fsp3) is 0.571. The van der Waals surface area contributed by atoms with Gasteiger partial charge in [-0.2, -0.15) is 0 Å². The molecule has 0 atom stereocenters. The van der Waals surface area contributed by atoms with Gasteiger partial charge >= 0.3 is 5.97 Å². The van der Waals surface area contributed by atoms with Crippen molar-refractivity contribution >= 4 is 11.9 Å². The van der Waals surface area contributed by atoms with Crippen LogP contribution in [0.4, 0.5) is 0 Å². The summed E-state index contributed by atoms with van der Waals surface area (Å²) in [5.74, 6) is -0.247. The number of esters is 1. The van der Waals surface area contributed by atoms with E-state index in [1.54, 1.807) is 11.0 Å². The maximum absolute atomic E-state index is 12.0. The lowest BCUT2D eigenvalue weighted by molar-refractivity contribution is -0.131. The molecule has 112 valence electrons. The van der Waals surface area contributed by atoms with Crippen LogP contribution in [0.5, 0.6) is 0 Å². The average molecular weight is 282 g/mol. The summed E-state index contributed by atoms with van der Waals surface area (Å²) in [4.78, 5) is 27.1. The monoisotopic (exact) mass is 282 g/mol. The summed E-state index contributed by atoms with van der Waals surface area (Å²) in [6.07, 6.45) is 1.45. The Balaban J connectivity index is 2.63. The third-order valence-corrected chi connectivity index (χ3v) is 3.08. The summed E-state index contributed by atoms with van der Waals surface area (Å²) in [5.41, 5.74) is 0.715. The minimum Gasteiger partial charge on any atom is -0.463 e. The van der Waals surface area contributed by atoms with Crippen molar-refractivity contribution in [3.05, 3.63) is 23.7 Å². The maximum atomic E-state index is 12.0. The van der Waals surface area contributed by atoms with E-state index in [2.05, 4.69) is 4.74 Å². The van der Waals surface area contributed by atoms with Crippen molar-refractivity contribution in [2.45, 2.75) is 20.4 Å². The molecular weight excluding hydrogens is 260 g/mol. The molecule has 0 unspecified atom stereocenters. The molecule has 6 nitrogen and oxygen atoms in total.